The van der Waals surface area contributed by atoms with E-state index < -0.39 is 11.6 Å². The van der Waals surface area contributed by atoms with Gasteiger partial charge in [0.2, 0.25) is 0 Å². The van der Waals surface area contributed by atoms with Crippen LogP contribution < -0.4 is 15.2 Å². The second-order valence-corrected chi connectivity index (χ2v) is 5.20. The summed E-state index contributed by atoms with van der Waals surface area (Å²) in [6.07, 6.45) is 0.745. The van der Waals surface area contributed by atoms with Gasteiger partial charge in [0.05, 0.1) is 16.8 Å². The van der Waals surface area contributed by atoms with Crippen molar-refractivity contribution in [3.05, 3.63) is 46.4 Å². The smallest absolute Gasteiger partial charge is 0.167 e. The van der Waals surface area contributed by atoms with Crippen molar-refractivity contribution in [2.75, 3.05) is 12.3 Å². The van der Waals surface area contributed by atoms with Crippen LogP contribution in [0.3, 0.4) is 0 Å². The summed E-state index contributed by atoms with van der Waals surface area (Å²) in [5, 5.41) is 0. The molecule has 0 aliphatic rings. The van der Waals surface area contributed by atoms with Gasteiger partial charge < -0.3 is 15.2 Å². The molecule has 0 amide bonds. The molecule has 0 saturated heterocycles. The van der Waals surface area contributed by atoms with E-state index in [1.165, 1.54) is 24.3 Å². The maximum absolute atomic E-state index is 13.7. The number of benzene rings is 2. The van der Waals surface area contributed by atoms with Crippen LogP contribution >= 0.6 is 15.9 Å². The van der Waals surface area contributed by atoms with Gasteiger partial charge in [-0.15, -0.1) is 0 Å². The largest absolute Gasteiger partial charge is 0.490 e. The number of hydrogen-bond acceptors (Lipinski definition) is 3. The third kappa shape index (κ3) is 3.85. The van der Waals surface area contributed by atoms with Gasteiger partial charge in [0.1, 0.15) is 11.6 Å². The van der Waals surface area contributed by atoms with Crippen LogP contribution in [0.2, 0.25) is 0 Å². The van der Waals surface area contributed by atoms with Crippen LogP contribution in [0.5, 0.6) is 17.2 Å². The summed E-state index contributed by atoms with van der Waals surface area (Å²) in [7, 11) is 0. The first-order valence-electron chi connectivity index (χ1n) is 6.36. The minimum Gasteiger partial charge on any atom is -0.490 e. The summed E-state index contributed by atoms with van der Waals surface area (Å²) in [5.41, 5.74) is 5.83. The fraction of sp³-hybridized carbons (Fsp3) is 0.200. The van der Waals surface area contributed by atoms with E-state index in [-0.39, 0.29) is 22.9 Å². The third-order valence-electron chi connectivity index (χ3n) is 2.64. The number of ether oxygens (including phenoxy) is 2. The van der Waals surface area contributed by atoms with Crippen molar-refractivity contribution in [2.24, 2.45) is 0 Å². The fourth-order valence-corrected chi connectivity index (χ4v) is 1.96. The van der Waals surface area contributed by atoms with Gasteiger partial charge in [-0.05, 0) is 34.5 Å². The molecular formula is C15H14BrF2NO2. The lowest BCUT2D eigenvalue weighted by Gasteiger charge is -2.13. The standard InChI is InChI=1S/C15H14BrF2NO2/c1-2-5-20-14-8-15(12(19)7-11(14)18)21-13-6-9(17)3-4-10(13)16/h3-4,6-8H,2,5,19H2,1H3. The Hall–Kier alpha value is -1.82. The molecule has 2 N–H and O–H groups in total. The zero-order valence-electron chi connectivity index (χ0n) is 11.3. The number of hydrogen-bond donors (Lipinski definition) is 1. The van der Waals surface area contributed by atoms with Gasteiger partial charge in [-0.2, -0.15) is 0 Å². The monoisotopic (exact) mass is 357 g/mol. The summed E-state index contributed by atoms with van der Waals surface area (Å²) in [6.45, 7) is 2.29. The van der Waals surface area contributed by atoms with Gasteiger partial charge >= 0.3 is 0 Å². The summed E-state index contributed by atoms with van der Waals surface area (Å²) in [5.74, 6) is -0.514. The molecule has 0 radical (unpaired) electrons. The van der Waals surface area contributed by atoms with Crippen molar-refractivity contribution in [3.8, 4) is 17.2 Å². The average molecular weight is 358 g/mol. The van der Waals surface area contributed by atoms with Crippen LogP contribution in [0.1, 0.15) is 13.3 Å². The Kier molecular flexibility index (Phi) is 5.01. The van der Waals surface area contributed by atoms with E-state index in [1.54, 1.807) is 0 Å². The third-order valence-corrected chi connectivity index (χ3v) is 3.29. The van der Waals surface area contributed by atoms with Crippen molar-refractivity contribution in [3.63, 3.8) is 0 Å². The predicted molar refractivity (Wildman–Crippen MR) is 80.8 cm³/mol. The van der Waals surface area contributed by atoms with Gasteiger partial charge in [0.15, 0.2) is 17.3 Å². The SMILES string of the molecule is CCCOc1cc(Oc2cc(F)ccc2Br)c(N)cc1F. The lowest BCUT2D eigenvalue weighted by atomic mass is 10.2. The number of nitrogen functional groups attached to an aromatic ring is 1. The molecule has 21 heavy (non-hydrogen) atoms. The first-order chi connectivity index (χ1) is 10.0. The molecule has 2 rings (SSSR count). The van der Waals surface area contributed by atoms with E-state index in [9.17, 15) is 8.78 Å². The molecule has 3 nitrogen and oxygen atoms in total. The Morgan fingerprint density at radius 1 is 1.10 bits per heavy atom. The van der Waals surface area contributed by atoms with Gasteiger partial charge in [-0.1, -0.05) is 6.92 Å². The van der Waals surface area contributed by atoms with E-state index in [1.807, 2.05) is 6.92 Å². The van der Waals surface area contributed by atoms with Crippen LogP contribution in [-0.4, -0.2) is 6.61 Å². The van der Waals surface area contributed by atoms with Crippen LogP contribution in [0.15, 0.2) is 34.8 Å². The summed E-state index contributed by atoms with van der Waals surface area (Å²) >= 11 is 3.25. The molecule has 0 atom stereocenters. The van der Waals surface area contributed by atoms with E-state index in [2.05, 4.69) is 15.9 Å². The molecule has 2 aromatic carbocycles. The number of nitrogens with two attached hydrogens (primary N) is 1. The zero-order chi connectivity index (χ0) is 15.4. The normalized spacial score (nSPS) is 10.5. The van der Waals surface area contributed by atoms with E-state index in [4.69, 9.17) is 15.2 Å². The molecule has 0 bridgehead atoms. The molecule has 112 valence electrons. The lowest BCUT2D eigenvalue weighted by molar-refractivity contribution is 0.299. The second kappa shape index (κ2) is 6.76. The Bertz CT molecular complexity index is 650. The minimum absolute atomic E-state index is 0.0496. The Labute approximate surface area is 129 Å². The lowest BCUT2D eigenvalue weighted by Crippen LogP contribution is -2.00. The number of rotatable bonds is 5. The number of anilines is 1. The second-order valence-electron chi connectivity index (χ2n) is 4.35. The number of halogens is 3. The van der Waals surface area contributed by atoms with Gasteiger partial charge in [-0.25, -0.2) is 8.78 Å². The average Bonchev–Trinajstić information content (AvgIpc) is 2.44. The molecular weight excluding hydrogens is 344 g/mol. The molecule has 0 aromatic heterocycles. The molecule has 0 aliphatic heterocycles. The minimum atomic E-state index is -0.563. The predicted octanol–water partition coefficient (Wildman–Crippen LogP) is 4.89. The first kappa shape index (κ1) is 15.6. The fourth-order valence-electron chi connectivity index (χ4n) is 1.64. The molecule has 0 aliphatic carbocycles. The summed E-state index contributed by atoms with van der Waals surface area (Å²) in [4.78, 5) is 0. The molecule has 6 heteroatoms. The molecule has 0 spiro atoms. The molecule has 0 unspecified atom stereocenters. The first-order valence-corrected chi connectivity index (χ1v) is 7.15. The van der Waals surface area contributed by atoms with Crippen molar-refractivity contribution < 1.29 is 18.3 Å². The zero-order valence-corrected chi connectivity index (χ0v) is 12.9. The molecule has 0 fully saturated rings. The highest BCUT2D eigenvalue weighted by molar-refractivity contribution is 9.10. The summed E-state index contributed by atoms with van der Waals surface area (Å²) in [6, 6.07) is 6.49. The maximum Gasteiger partial charge on any atom is 0.167 e. The molecule has 0 saturated carbocycles. The van der Waals surface area contributed by atoms with Crippen LogP contribution in [0, 0.1) is 11.6 Å². The highest BCUT2D eigenvalue weighted by Crippen LogP contribution is 2.36. The van der Waals surface area contributed by atoms with Gasteiger partial charge in [0, 0.05) is 18.2 Å². The van der Waals surface area contributed by atoms with Crippen molar-refractivity contribution in [2.45, 2.75) is 13.3 Å². The van der Waals surface area contributed by atoms with E-state index in [0.717, 1.165) is 12.5 Å². The van der Waals surface area contributed by atoms with E-state index >= 15 is 0 Å². The van der Waals surface area contributed by atoms with Crippen LogP contribution in [0.4, 0.5) is 14.5 Å². The highest BCUT2D eigenvalue weighted by Gasteiger charge is 2.13. The molecule has 0 heterocycles. The van der Waals surface area contributed by atoms with E-state index in [0.29, 0.717) is 11.1 Å². The Morgan fingerprint density at radius 2 is 1.86 bits per heavy atom. The van der Waals surface area contributed by atoms with Crippen LogP contribution in [-0.2, 0) is 0 Å². The van der Waals surface area contributed by atoms with Gasteiger partial charge in [-0.3, -0.25) is 0 Å². The Balaban J connectivity index is 2.32. The van der Waals surface area contributed by atoms with Crippen LogP contribution in [0.25, 0.3) is 0 Å². The topological polar surface area (TPSA) is 44.5 Å². The molecule has 2 aromatic rings. The summed E-state index contributed by atoms with van der Waals surface area (Å²) < 4.78 is 38.3. The Morgan fingerprint density at radius 3 is 2.57 bits per heavy atom. The highest BCUT2D eigenvalue weighted by atomic mass is 79.9. The quantitative estimate of drug-likeness (QED) is 0.774. The maximum atomic E-state index is 13.7. The van der Waals surface area contributed by atoms with Crippen molar-refractivity contribution in [1.82, 2.24) is 0 Å². The van der Waals surface area contributed by atoms with Crippen molar-refractivity contribution >= 4 is 21.6 Å². The van der Waals surface area contributed by atoms with Crippen molar-refractivity contribution in [1.29, 1.82) is 0 Å². The van der Waals surface area contributed by atoms with Gasteiger partial charge in [0.25, 0.3) is 0 Å².